The van der Waals surface area contributed by atoms with Crippen molar-refractivity contribution in [2.45, 2.75) is 78.2 Å². The zero-order valence-electron chi connectivity index (χ0n) is 21.5. The minimum absolute atomic E-state index is 0.0214. The van der Waals surface area contributed by atoms with Crippen molar-refractivity contribution in [3.05, 3.63) is 11.6 Å². The quantitative estimate of drug-likeness (QED) is 0.236. The highest BCUT2D eigenvalue weighted by molar-refractivity contribution is 5.85. The highest BCUT2D eigenvalue weighted by atomic mass is 19.1. The van der Waals surface area contributed by atoms with Crippen molar-refractivity contribution in [3.8, 4) is 0 Å². The zero-order chi connectivity index (χ0) is 24.5. The van der Waals surface area contributed by atoms with Crippen LogP contribution in [0.15, 0.2) is 16.8 Å². The number of carbonyl (C=O) groups is 1. The van der Waals surface area contributed by atoms with E-state index in [2.05, 4.69) is 30.4 Å². The van der Waals surface area contributed by atoms with Crippen LogP contribution in [0.2, 0.25) is 0 Å². The number of carbonyl (C=O) groups excluding carboxylic acids is 1. The number of hydrogen-bond donors (Lipinski definition) is 2. The maximum atomic E-state index is 12.9. The van der Waals surface area contributed by atoms with E-state index < -0.39 is 12.8 Å². The van der Waals surface area contributed by atoms with Gasteiger partial charge in [0.25, 0.3) is 0 Å². The van der Waals surface area contributed by atoms with E-state index in [0.29, 0.717) is 30.8 Å². The van der Waals surface area contributed by atoms with Gasteiger partial charge in [-0.3, -0.25) is 4.84 Å². The fraction of sp³-hybridized carbons (Fsp3) is 0.852. The van der Waals surface area contributed by atoms with E-state index in [1.165, 1.54) is 36.2 Å². The summed E-state index contributed by atoms with van der Waals surface area (Å²) in [6.07, 6.45) is 10.4. The first-order chi connectivity index (χ1) is 16.2. The monoisotopic (exact) mass is 477 g/mol. The van der Waals surface area contributed by atoms with Gasteiger partial charge in [0.1, 0.15) is 6.67 Å². The summed E-state index contributed by atoms with van der Waals surface area (Å²) in [4.78, 5) is 19.2. The van der Waals surface area contributed by atoms with E-state index in [1.54, 1.807) is 7.05 Å². The van der Waals surface area contributed by atoms with Crippen molar-refractivity contribution in [2.75, 3.05) is 33.4 Å². The summed E-state index contributed by atoms with van der Waals surface area (Å²) in [5.74, 6) is 2.41. The predicted octanol–water partition coefficient (Wildman–Crippen LogP) is 4.93. The number of nitrogens with zero attached hydrogens (tertiary/aromatic N) is 2. The first-order valence-electron chi connectivity index (χ1n) is 13.3. The maximum Gasteiger partial charge on any atom is 0.436 e. The molecule has 4 aliphatic rings. The fourth-order valence-corrected chi connectivity index (χ4v) is 8.27. The lowest BCUT2D eigenvalue weighted by Gasteiger charge is -2.58. The minimum Gasteiger partial charge on any atom is -0.389 e. The molecule has 7 heteroatoms. The highest BCUT2D eigenvalue weighted by Crippen LogP contribution is 2.66. The van der Waals surface area contributed by atoms with Crippen LogP contribution in [0, 0.1) is 34.5 Å². The molecule has 0 radical (unpaired) electrons. The summed E-state index contributed by atoms with van der Waals surface area (Å²) in [6, 6.07) is 0. The second-order valence-corrected chi connectivity index (χ2v) is 11.7. The second-order valence-electron chi connectivity index (χ2n) is 11.7. The number of halogens is 1. The predicted molar refractivity (Wildman–Crippen MR) is 132 cm³/mol. The zero-order valence-corrected chi connectivity index (χ0v) is 21.5. The Morgan fingerprint density at radius 3 is 2.74 bits per heavy atom. The molecule has 1 amide bonds. The number of fused-ring (bicyclic) bond motifs is 5. The lowest BCUT2D eigenvalue weighted by Crippen LogP contribution is -2.51. The van der Waals surface area contributed by atoms with Gasteiger partial charge in [-0.25, -0.2) is 9.18 Å². The molecule has 34 heavy (non-hydrogen) atoms. The van der Waals surface area contributed by atoms with E-state index in [0.717, 1.165) is 37.3 Å². The molecule has 3 saturated carbocycles. The molecule has 0 heterocycles. The number of oxime groups is 1. The third-order valence-electron chi connectivity index (χ3n) is 10.1. The van der Waals surface area contributed by atoms with E-state index >= 15 is 0 Å². The molecular formula is C27H44FN3O3. The molecule has 192 valence electrons. The summed E-state index contributed by atoms with van der Waals surface area (Å²) < 4.78 is 12.9. The fourth-order valence-electron chi connectivity index (χ4n) is 8.27. The summed E-state index contributed by atoms with van der Waals surface area (Å²) in [6.45, 7) is 7.29. The van der Waals surface area contributed by atoms with Crippen molar-refractivity contribution in [3.63, 3.8) is 0 Å². The van der Waals surface area contributed by atoms with Gasteiger partial charge in [0.2, 0.25) is 0 Å². The number of rotatable bonds is 7. The van der Waals surface area contributed by atoms with Gasteiger partial charge in [0.05, 0.1) is 18.4 Å². The molecule has 0 unspecified atom stereocenters. The molecular weight excluding hydrogens is 433 g/mol. The van der Waals surface area contributed by atoms with Crippen LogP contribution in [-0.4, -0.2) is 61.3 Å². The Morgan fingerprint density at radius 2 is 2.00 bits per heavy atom. The third-order valence-corrected chi connectivity index (χ3v) is 10.1. The van der Waals surface area contributed by atoms with E-state index in [1.807, 2.05) is 6.92 Å². The number of nitrogens with one attached hydrogen (secondary N) is 1. The van der Waals surface area contributed by atoms with Crippen LogP contribution in [-0.2, 0) is 4.84 Å². The largest absolute Gasteiger partial charge is 0.436 e. The molecule has 6 nitrogen and oxygen atoms in total. The number of aliphatic hydroxyl groups is 1. The van der Waals surface area contributed by atoms with Gasteiger partial charge in [-0.15, -0.1) is 0 Å². The van der Waals surface area contributed by atoms with Crippen molar-refractivity contribution in [1.29, 1.82) is 0 Å². The third kappa shape index (κ3) is 4.55. The first kappa shape index (κ1) is 25.6. The van der Waals surface area contributed by atoms with Gasteiger partial charge in [-0.05, 0) is 93.9 Å². The molecule has 7 atom stereocenters. The van der Waals surface area contributed by atoms with E-state index in [-0.39, 0.29) is 23.5 Å². The van der Waals surface area contributed by atoms with Crippen LogP contribution in [0.1, 0.15) is 72.1 Å². The van der Waals surface area contributed by atoms with Crippen LogP contribution < -0.4 is 5.32 Å². The van der Waals surface area contributed by atoms with Crippen molar-refractivity contribution in [1.82, 2.24) is 10.2 Å². The van der Waals surface area contributed by atoms with Crippen LogP contribution in [0.3, 0.4) is 0 Å². The molecule has 4 aliphatic carbocycles. The summed E-state index contributed by atoms with van der Waals surface area (Å²) in [5, 5.41) is 17.5. The summed E-state index contributed by atoms with van der Waals surface area (Å²) in [5.41, 5.74) is 2.82. The molecule has 3 fully saturated rings. The molecule has 0 aliphatic heterocycles. The van der Waals surface area contributed by atoms with Gasteiger partial charge in [-0.2, -0.15) is 0 Å². The molecule has 4 rings (SSSR count). The maximum absolute atomic E-state index is 12.9. The Labute approximate surface area is 204 Å². The van der Waals surface area contributed by atoms with Gasteiger partial charge < -0.3 is 15.3 Å². The number of amides is 1. The average Bonchev–Trinajstić information content (AvgIpc) is 3.17. The first-order valence-corrected chi connectivity index (χ1v) is 13.3. The van der Waals surface area contributed by atoms with Crippen LogP contribution >= 0.6 is 0 Å². The average molecular weight is 478 g/mol. The summed E-state index contributed by atoms with van der Waals surface area (Å²) in [7, 11) is 1.80. The van der Waals surface area contributed by atoms with Gasteiger partial charge in [0.15, 0.2) is 0 Å². The summed E-state index contributed by atoms with van der Waals surface area (Å²) >= 11 is 0. The Kier molecular flexibility index (Phi) is 7.73. The molecule has 0 bridgehead atoms. The van der Waals surface area contributed by atoms with Crippen LogP contribution in [0.4, 0.5) is 9.18 Å². The number of aliphatic hydroxyl groups excluding tert-OH is 1. The van der Waals surface area contributed by atoms with Crippen LogP contribution in [0.25, 0.3) is 0 Å². The van der Waals surface area contributed by atoms with Gasteiger partial charge >= 0.3 is 6.09 Å². The Hall–Kier alpha value is -1.47. The lowest BCUT2D eigenvalue weighted by atomic mass is 9.46. The second kappa shape index (κ2) is 10.3. The molecule has 0 aromatic rings. The smallest absolute Gasteiger partial charge is 0.389 e. The SMILES string of the molecule is CNCCN(CCF)C(=O)O/N=C(\C)[C@H]1CC[C@H]2[C@@H]3CCC4=C[C@@H](O)CC[C@]4(C)[C@H]3CC[C@]12C. The van der Waals surface area contributed by atoms with E-state index in [9.17, 15) is 14.3 Å². The number of likely N-dealkylation sites (N-methyl/N-ethyl adjacent to an activating group) is 1. The normalized spacial score (nSPS) is 39.5. The minimum atomic E-state index is -0.596. The Morgan fingerprint density at radius 1 is 1.21 bits per heavy atom. The highest BCUT2D eigenvalue weighted by Gasteiger charge is 2.59. The van der Waals surface area contributed by atoms with Crippen molar-refractivity contribution < 1.29 is 19.1 Å². The van der Waals surface area contributed by atoms with Gasteiger partial charge in [0, 0.05) is 19.0 Å². The lowest BCUT2D eigenvalue weighted by molar-refractivity contribution is -0.0479. The van der Waals surface area contributed by atoms with Crippen molar-refractivity contribution in [2.24, 2.45) is 39.7 Å². The molecule has 2 N–H and O–H groups in total. The van der Waals surface area contributed by atoms with Crippen molar-refractivity contribution >= 4 is 11.8 Å². The molecule has 0 aromatic carbocycles. The Balaban J connectivity index is 1.45. The number of allylic oxidation sites excluding steroid dienone is 1. The number of alkyl halides is 1. The standard InChI is InChI=1S/C27H44FN3O3/c1-18(30-34-25(33)31(15-13-28)16-14-29-4)22-7-8-23-21-6-5-19-17-20(32)9-11-26(19,2)24(21)10-12-27(22,23)3/h17,20-24,29,32H,5-16H2,1-4H3/b30-18+/t20-,21-,22+,23-,24-,26-,27+/m0/s1. The topological polar surface area (TPSA) is 74.2 Å². The van der Waals surface area contributed by atoms with E-state index in [4.69, 9.17) is 4.84 Å². The number of hydrogen-bond acceptors (Lipinski definition) is 5. The molecule has 0 aromatic heterocycles. The van der Waals surface area contributed by atoms with Gasteiger partial charge in [-0.1, -0.05) is 30.7 Å². The molecule has 0 spiro atoms. The molecule has 0 saturated heterocycles. The Bertz CT molecular complexity index is 817. The van der Waals surface area contributed by atoms with Crippen LogP contribution in [0.5, 0.6) is 0 Å².